The average Bonchev–Trinajstić information content (AvgIpc) is 3.25. The van der Waals surface area contributed by atoms with Crippen LogP contribution in [-0.2, 0) is 19.1 Å². The van der Waals surface area contributed by atoms with E-state index in [4.69, 9.17) is 15.2 Å². The normalized spacial score (nSPS) is 19.4. The van der Waals surface area contributed by atoms with Gasteiger partial charge in [-0.1, -0.05) is 0 Å². The standard InChI is InChI=1S/C25H29FN4O5/c1-3-34-24(32)16-8-10-29(11-9-16)22-7-4-17(13-28-22)19-6-5-18(12-20(19)26)30-14-21(35-25(30)33)15(2)23(27)31/h4-7,12-13,15-16,21H,3,8-11,14H2,1-2H3,(H2,27,31). The van der Waals surface area contributed by atoms with Gasteiger partial charge in [-0.25, -0.2) is 14.2 Å². The van der Waals surface area contributed by atoms with E-state index >= 15 is 4.39 Å². The van der Waals surface area contributed by atoms with Gasteiger partial charge in [-0.05, 0) is 57.0 Å². The fraction of sp³-hybridized carbons (Fsp3) is 0.440. The zero-order valence-corrected chi connectivity index (χ0v) is 19.8. The summed E-state index contributed by atoms with van der Waals surface area (Å²) in [5.41, 5.74) is 6.59. The van der Waals surface area contributed by atoms with E-state index in [9.17, 15) is 14.4 Å². The molecule has 9 nitrogen and oxygen atoms in total. The second-order valence-electron chi connectivity index (χ2n) is 8.81. The molecule has 0 saturated carbocycles. The number of hydrogen-bond acceptors (Lipinski definition) is 7. The van der Waals surface area contributed by atoms with Crippen LogP contribution in [-0.4, -0.2) is 55.3 Å². The molecule has 2 saturated heterocycles. The molecule has 0 radical (unpaired) electrons. The molecule has 2 amide bonds. The maximum absolute atomic E-state index is 15.0. The highest BCUT2D eigenvalue weighted by Crippen LogP contribution is 2.31. The number of cyclic esters (lactones) is 1. The molecule has 4 rings (SSSR count). The Labute approximate surface area is 203 Å². The summed E-state index contributed by atoms with van der Waals surface area (Å²) in [6, 6.07) is 8.12. The van der Waals surface area contributed by atoms with E-state index in [1.165, 1.54) is 11.0 Å². The van der Waals surface area contributed by atoms with Crippen molar-refractivity contribution < 1.29 is 28.2 Å². The van der Waals surface area contributed by atoms with Crippen LogP contribution in [0.15, 0.2) is 36.5 Å². The lowest BCUT2D eigenvalue weighted by Crippen LogP contribution is -2.37. The molecular weight excluding hydrogens is 455 g/mol. The number of carbonyl (C=O) groups is 3. The number of piperidine rings is 1. The molecule has 0 bridgehead atoms. The molecule has 2 aliphatic rings. The average molecular weight is 485 g/mol. The van der Waals surface area contributed by atoms with Crippen molar-refractivity contribution in [1.29, 1.82) is 0 Å². The predicted octanol–water partition coefficient (Wildman–Crippen LogP) is 3.11. The number of pyridine rings is 1. The molecular formula is C25H29FN4O5. The molecule has 2 N–H and O–H groups in total. The predicted molar refractivity (Wildman–Crippen MR) is 127 cm³/mol. The number of primary amides is 1. The second kappa shape index (κ2) is 10.3. The lowest BCUT2D eigenvalue weighted by Gasteiger charge is -2.31. The number of aromatic nitrogens is 1. The topological polar surface area (TPSA) is 115 Å². The van der Waals surface area contributed by atoms with Crippen LogP contribution in [0.2, 0.25) is 0 Å². The molecule has 1 aromatic heterocycles. The van der Waals surface area contributed by atoms with Gasteiger partial charge < -0.3 is 20.1 Å². The number of anilines is 2. The largest absolute Gasteiger partial charge is 0.466 e. The van der Waals surface area contributed by atoms with Crippen molar-refractivity contribution in [2.24, 2.45) is 17.6 Å². The van der Waals surface area contributed by atoms with Gasteiger partial charge in [0.2, 0.25) is 5.91 Å². The summed E-state index contributed by atoms with van der Waals surface area (Å²) in [5.74, 6) is -1.18. The Balaban J connectivity index is 1.42. The van der Waals surface area contributed by atoms with Gasteiger partial charge in [0.05, 0.1) is 30.7 Å². The van der Waals surface area contributed by atoms with Gasteiger partial charge in [0.1, 0.15) is 17.7 Å². The molecule has 2 aliphatic heterocycles. The summed E-state index contributed by atoms with van der Waals surface area (Å²) in [4.78, 5) is 43.5. The summed E-state index contributed by atoms with van der Waals surface area (Å²) >= 11 is 0. The molecule has 186 valence electrons. The first-order valence-electron chi connectivity index (χ1n) is 11.7. The lowest BCUT2D eigenvalue weighted by atomic mass is 9.97. The minimum absolute atomic E-state index is 0.0831. The van der Waals surface area contributed by atoms with Crippen LogP contribution in [0.3, 0.4) is 0 Å². The van der Waals surface area contributed by atoms with Gasteiger partial charge >= 0.3 is 12.1 Å². The number of nitrogens with two attached hydrogens (primary N) is 1. The summed E-state index contributed by atoms with van der Waals surface area (Å²) in [6.07, 6.45) is 1.70. The maximum atomic E-state index is 15.0. The quantitative estimate of drug-likeness (QED) is 0.601. The van der Waals surface area contributed by atoms with E-state index in [1.807, 2.05) is 6.07 Å². The van der Waals surface area contributed by atoms with Gasteiger partial charge in [0.15, 0.2) is 0 Å². The second-order valence-corrected chi connectivity index (χ2v) is 8.81. The van der Waals surface area contributed by atoms with Gasteiger partial charge in [-0.2, -0.15) is 0 Å². The minimum atomic E-state index is -0.679. The zero-order chi connectivity index (χ0) is 25.1. The van der Waals surface area contributed by atoms with Crippen molar-refractivity contribution in [3.63, 3.8) is 0 Å². The van der Waals surface area contributed by atoms with Crippen LogP contribution in [0.25, 0.3) is 11.1 Å². The van der Waals surface area contributed by atoms with Crippen molar-refractivity contribution in [1.82, 2.24) is 4.98 Å². The van der Waals surface area contributed by atoms with Gasteiger partial charge in [-0.15, -0.1) is 0 Å². The van der Waals surface area contributed by atoms with E-state index in [1.54, 1.807) is 38.2 Å². The Morgan fingerprint density at radius 3 is 2.60 bits per heavy atom. The number of halogens is 1. The van der Waals surface area contributed by atoms with Crippen molar-refractivity contribution in [2.45, 2.75) is 32.8 Å². The number of ether oxygens (including phenoxy) is 2. The van der Waals surface area contributed by atoms with Crippen LogP contribution >= 0.6 is 0 Å². The summed E-state index contributed by atoms with van der Waals surface area (Å²) < 4.78 is 25.3. The summed E-state index contributed by atoms with van der Waals surface area (Å²) in [5, 5.41) is 0. The van der Waals surface area contributed by atoms with E-state index in [2.05, 4.69) is 9.88 Å². The number of nitrogens with zero attached hydrogens (tertiary/aromatic N) is 3. The van der Waals surface area contributed by atoms with Crippen molar-refractivity contribution in [2.75, 3.05) is 36.0 Å². The minimum Gasteiger partial charge on any atom is -0.466 e. The van der Waals surface area contributed by atoms with Crippen molar-refractivity contribution >= 4 is 29.5 Å². The highest BCUT2D eigenvalue weighted by atomic mass is 19.1. The molecule has 2 aromatic rings. The molecule has 0 spiro atoms. The molecule has 2 fully saturated rings. The smallest absolute Gasteiger partial charge is 0.414 e. The third-order valence-electron chi connectivity index (χ3n) is 6.60. The number of hydrogen-bond donors (Lipinski definition) is 1. The molecule has 1 aromatic carbocycles. The van der Waals surface area contributed by atoms with Crippen molar-refractivity contribution in [3.05, 3.63) is 42.3 Å². The first-order valence-corrected chi connectivity index (χ1v) is 11.7. The first-order chi connectivity index (χ1) is 16.8. The number of esters is 1. The summed E-state index contributed by atoms with van der Waals surface area (Å²) in [7, 11) is 0. The van der Waals surface area contributed by atoms with Gasteiger partial charge in [-0.3, -0.25) is 14.5 Å². The van der Waals surface area contributed by atoms with Gasteiger partial charge in [0.25, 0.3) is 0 Å². The third kappa shape index (κ3) is 5.21. The van der Waals surface area contributed by atoms with E-state index in [-0.39, 0.29) is 18.4 Å². The Morgan fingerprint density at radius 2 is 2.00 bits per heavy atom. The lowest BCUT2D eigenvalue weighted by molar-refractivity contribution is -0.148. The number of benzene rings is 1. The number of carbonyl (C=O) groups excluding carboxylic acids is 3. The van der Waals surface area contributed by atoms with Crippen LogP contribution in [0.1, 0.15) is 26.7 Å². The Morgan fingerprint density at radius 1 is 1.26 bits per heavy atom. The highest BCUT2D eigenvalue weighted by molar-refractivity contribution is 5.91. The Bertz CT molecular complexity index is 1100. The maximum Gasteiger partial charge on any atom is 0.414 e. The highest BCUT2D eigenvalue weighted by Gasteiger charge is 2.38. The molecule has 2 atom stereocenters. The Kier molecular flexibility index (Phi) is 7.18. The monoisotopic (exact) mass is 484 g/mol. The number of amides is 2. The van der Waals surface area contributed by atoms with E-state index < -0.39 is 29.8 Å². The fourth-order valence-corrected chi connectivity index (χ4v) is 4.38. The number of rotatable bonds is 7. The van der Waals surface area contributed by atoms with Crippen LogP contribution in [0.4, 0.5) is 20.7 Å². The van der Waals surface area contributed by atoms with Crippen LogP contribution < -0.4 is 15.5 Å². The molecule has 3 heterocycles. The molecule has 35 heavy (non-hydrogen) atoms. The van der Waals surface area contributed by atoms with E-state index in [0.717, 1.165) is 5.82 Å². The SMILES string of the molecule is CCOC(=O)C1CCN(c2ccc(-c3ccc(N4CC(C(C)C(N)=O)OC4=O)cc3F)cn2)CC1. The summed E-state index contributed by atoms with van der Waals surface area (Å²) in [6.45, 7) is 5.28. The molecule has 0 aliphatic carbocycles. The third-order valence-corrected chi connectivity index (χ3v) is 6.60. The fourth-order valence-electron chi connectivity index (χ4n) is 4.38. The van der Waals surface area contributed by atoms with Crippen LogP contribution in [0.5, 0.6) is 0 Å². The zero-order valence-electron chi connectivity index (χ0n) is 19.8. The Hall–Kier alpha value is -3.69. The van der Waals surface area contributed by atoms with Crippen LogP contribution in [0, 0.1) is 17.7 Å². The van der Waals surface area contributed by atoms with E-state index in [0.29, 0.717) is 49.4 Å². The van der Waals surface area contributed by atoms with Gasteiger partial charge in [0, 0.05) is 30.4 Å². The van der Waals surface area contributed by atoms with Crippen molar-refractivity contribution in [3.8, 4) is 11.1 Å². The first kappa shape index (κ1) is 24.4. The molecule has 2 unspecified atom stereocenters. The molecule has 10 heteroatoms.